The standard InChI is InChI=1S/C10H7BrFNO3/c1-10(12,13-4-14)6-2-8-9(3-7(6)11)16-5-15-8/h2-3H,5H2,1H3. The molecule has 0 fully saturated rings. The molecule has 0 N–H and O–H groups in total. The number of hydrogen-bond acceptors (Lipinski definition) is 4. The monoisotopic (exact) mass is 287 g/mol. The molecule has 1 heterocycles. The van der Waals surface area contributed by atoms with E-state index < -0.39 is 5.79 Å². The molecule has 1 aromatic rings. The van der Waals surface area contributed by atoms with Gasteiger partial charge in [0.15, 0.2) is 11.5 Å². The first-order chi connectivity index (χ1) is 7.54. The van der Waals surface area contributed by atoms with Crippen LogP contribution < -0.4 is 9.47 Å². The molecule has 6 heteroatoms. The SMILES string of the molecule is CC(F)(N=C=O)c1cc2c(cc1Br)OCO2. The fourth-order valence-electron chi connectivity index (χ4n) is 1.41. The Morgan fingerprint density at radius 1 is 1.50 bits per heavy atom. The Labute approximate surface area is 99.2 Å². The van der Waals surface area contributed by atoms with Crippen molar-refractivity contribution in [1.82, 2.24) is 0 Å². The zero-order valence-electron chi connectivity index (χ0n) is 8.29. The number of isocyanates is 1. The molecule has 84 valence electrons. The first kappa shape index (κ1) is 11.1. The minimum atomic E-state index is -2.14. The van der Waals surface area contributed by atoms with Gasteiger partial charge >= 0.3 is 0 Å². The van der Waals surface area contributed by atoms with Gasteiger partial charge < -0.3 is 9.47 Å². The highest BCUT2D eigenvalue weighted by Crippen LogP contribution is 2.42. The predicted molar refractivity (Wildman–Crippen MR) is 56.8 cm³/mol. The second kappa shape index (κ2) is 3.88. The summed E-state index contributed by atoms with van der Waals surface area (Å²) in [4.78, 5) is 13.3. The van der Waals surface area contributed by atoms with E-state index in [0.29, 0.717) is 16.0 Å². The van der Waals surface area contributed by atoms with Gasteiger partial charge in [-0.3, -0.25) is 0 Å². The quantitative estimate of drug-likeness (QED) is 0.477. The van der Waals surface area contributed by atoms with Crippen molar-refractivity contribution < 1.29 is 18.7 Å². The van der Waals surface area contributed by atoms with E-state index in [2.05, 4.69) is 20.9 Å². The Kier molecular flexibility index (Phi) is 2.69. The zero-order valence-corrected chi connectivity index (χ0v) is 9.88. The average molecular weight is 288 g/mol. The molecule has 0 bridgehead atoms. The van der Waals surface area contributed by atoms with Crippen LogP contribution in [0.2, 0.25) is 0 Å². The molecule has 16 heavy (non-hydrogen) atoms. The van der Waals surface area contributed by atoms with Crippen LogP contribution in [-0.2, 0) is 10.6 Å². The van der Waals surface area contributed by atoms with Crippen molar-refractivity contribution >= 4 is 22.0 Å². The van der Waals surface area contributed by atoms with Gasteiger partial charge in [-0.2, -0.15) is 4.99 Å². The number of carbonyl (C=O) groups excluding carboxylic acids is 1. The zero-order chi connectivity index (χ0) is 11.8. The van der Waals surface area contributed by atoms with E-state index >= 15 is 0 Å². The van der Waals surface area contributed by atoms with E-state index in [4.69, 9.17) is 9.47 Å². The molecule has 0 saturated heterocycles. The van der Waals surface area contributed by atoms with Crippen molar-refractivity contribution in [2.45, 2.75) is 12.7 Å². The van der Waals surface area contributed by atoms with Gasteiger partial charge in [-0.1, -0.05) is 15.9 Å². The highest BCUT2D eigenvalue weighted by atomic mass is 79.9. The summed E-state index contributed by atoms with van der Waals surface area (Å²) < 4.78 is 24.7. The maximum atomic E-state index is 14.0. The van der Waals surface area contributed by atoms with Crippen molar-refractivity contribution in [2.24, 2.45) is 4.99 Å². The second-order valence-electron chi connectivity index (χ2n) is 3.34. The van der Waals surface area contributed by atoms with E-state index in [1.807, 2.05) is 0 Å². The van der Waals surface area contributed by atoms with Crippen LogP contribution in [-0.4, -0.2) is 12.9 Å². The van der Waals surface area contributed by atoms with Crippen LogP contribution in [0, 0.1) is 0 Å². The smallest absolute Gasteiger partial charge is 0.238 e. The average Bonchev–Trinajstić information content (AvgIpc) is 2.63. The van der Waals surface area contributed by atoms with Gasteiger partial charge in [-0.25, -0.2) is 9.18 Å². The van der Waals surface area contributed by atoms with Gasteiger partial charge in [0.05, 0.1) is 0 Å². The van der Waals surface area contributed by atoms with Crippen molar-refractivity contribution in [3.05, 3.63) is 22.2 Å². The lowest BCUT2D eigenvalue weighted by Gasteiger charge is -2.15. The fourth-order valence-corrected chi connectivity index (χ4v) is 2.10. The number of halogens is 2. The van der Waals surface area contributed by atoms with E-state index in [-0.39, 0.29) is 12.4 Å². The third-order valence-electron chi connectivity index (χ3n) is 2.21. The van der Waals surface area contributed by atoms with Gasteiger partial charge in [0.25, 0.3) is 0 Å². The Morgan fingerprint density at radius 2 is 2.12 bits per heavy atom. The lowest BCUT2D eigenvalue weighted by Crippen LogP contribution is -2.12. The molecule has 0 aromatic heterocycles. The van der Waals surface area contributed by atoms with Crippen LogP contribution in [0.25, 0.3) is 0 Å². The van der Waals surface area contributed by atoms with E-state index in [0.717, 1.165) is 0 Å². The number of alkyl halides is 1. The molecule has 0 saturated carbocycles. The molecule has 2 rings (SSSR count). The molecule has 1 atom stereocenters. The molecule has 1 unspecified atom stereocenters. The van der Waals surface area contributed by atoms with Crippen LogP contribution in [0.3, 0.4) is 0 Å². The Hall–Kier alpha value is -1.39. The number of rotatable bonds is 2. The maximum absolute atomic E-state index is 14.0. The summed E-state index contributed by atoms with van der Waals surface area (Å²) in [6, 6.07) is 3.03. The van der Waals surface area contributed by atoms with E-state index in [9.17, 15) is 9.18 Å². The highest BCUT2D eigenvalue weighted by Gasteiger charge is 2.30. The number of nitrogens with zero attached hydrogens (tertiary/aromatic N) is 1. The topological polar surface area (TPSA) is 47.9 Å². The number of aliphatic imine (C=N–C) groups is 1. The van der Waals surface area contributed by atoms with Crippen LogP contribution in [0.5, 0.6) is 11.5 Å². The predicted octanol–water partition coefficient (Wildman–Crippen LogP) is 2.66. The molecule has 1 aliphatic rings. The summed E-state index contributed by atoms with van der Waals surface area (Å²) in [5, 5.41) is 0. The molecule has 0 aliphatic carbocycles. The molecule has 4 nitrogen and oxygen atoms in total. The lowest BCUT2D eigenvalue weighted by atomic mass is 10.1. The van der Waals surface area contributed by atoms with Crippen LogP contribution in [0.1, 0.15) is 12.5 Å². The number of ether oxygens (including phenoxy) is 2. The van der Waals surface area contributed by atoms with E-state index in [1.165, 1.54) is 19.1 Å². The van der Waals surface area contributed by atoms with Gasteiger partial charge in [0.2, 0.25) is 18.7 Å². The van der Waals surface area contributed by atoms with Crippen LogP contribution in [0.15, 0.2) is 21.6 Å². The minimum absolute atomic E-state index is 0.102. The minimum Gasteiger partial charge on any atom is -0.454 e. The Balaban J connectivity index is 2.53. The second-order valence-corrected chi connectivity index (χ2v) is 4.20. The Bertz CT molecular complexity index is 483. The first-order valence-corrected chi connectivity index (χ1v) is 5.21. The van der Waals surface area contributed by atoms with Crippen molar-refractivity contribution in [2.75, 3.05) is 6.79 Å². The summed E-state index contributed by atoms with van der Waals surface area (Å²) in [5.41, 5.74) is 0.195. The molecular weight excluding hydrogens is 281 g/mol. The van der Waals surface area contributed by atoms with Crippen molar-refractivity contribution in [3.63, 3.8) is 0 Å². The van der Waals surface area contributed by atoms with Gasteiger partial charge in [0, 0.05) is 10.0 Å². The van der Waals surface area contributed by atoms with Gasteiger partial charge in [0.1, 0.15) is 0 Å². The summed E-state index contributed by atoms with van der Waals surface area (Å²) in [7, 11) is 0. The van der Waals surface area contributed by atoms with Crippen molar-refractivity contribution in [3.8, 4) is 11.5 Å². The highest BCUT2D eigenvalue weighted by molar-refractivity contribution is 9.10. The molecule has 0 spiro atoms. The molecule has 0 radical (unpaired) electrons. The van der Waals surface area contributed by atoms with Gasteiger partial charge in [-0.15, -0.1) is 0 Å². The Morgan fingerprint density at radius 3 is 2.75 bits per heavy atom. The largest absolute Gasteiger partial charge is 0.454 e. The maximum Gasteiger partial charge on any atom is 0.238 e. The van der Waals surface area contributed by atoms with E-state index in [1.54, 1.807) is 6.07 Å². The van der Waals surface area contributed by atoms with Gasteiger partial charge in [-0.05, 0) is 19.1 Å². The normalized spacial score (nSPS) is 16.4. The number of hydrogen-bond donors (Lipinski definition) is 0. The summed E-state index contributed by atoms with van der Waals surface area (Å²) in [6.07, 6.45) is 1.21. The summed E-state index contributed by atoms with van der Waals surface area (Å²) in [5.74, 6) is -1.17. The molecule has 0 amide bonds. The first-order valence-electron chi connectivity index (χ1n) is 4.42. The fraction of sp³-hybridized carbons (Fsp3) is 0.300. The third-order valence-corrected chi connectivity index (χ3v) is 2.87. The van der Waals surface area contributed by atoms with Crippen LogP contribution >= 0.6 is 15.9 Å². The lowest BCUT2D eigenvalue weighted by molar-refractivity contribution is 0.173. The van der Waals surface area contributed by atoms with Crippen molar-refractivity contribution in [1.29, 1.82) is 0 Å². The molecule has 1 aliphatic heterocycles. The van der Waals surface area contributed by atoms with Crippen LogP contribution in [0.4, 0.5) is 4.39 Å². The number of fused-ring (bicyclic) bond motifs is 1. The molecule has 1 aromatic carbocycles. The number of benzene rings is 1. The molecular formula is C10H7BrFNO3. The third kappa shape index (κ3) is 1.81. The summed E-state index contributed by atoms with van der Waals surface area (Å²) >= 11 is 3.19. The summed E-state index contributed by atoms with van der Waals surface area (Å²) in [6.45, 7) is 1.27.